The van der Waals surface area contributed by atoms with E-state index in [-0.39, 0.29) is 5.82 Å². The quantitative estimate of drug-likeness (QED) is 0.486. The van der Waals surface area contributed by atoms with E-state index in [0.717, 1.165) is 23.9 Å². The van der Waals surface area contributed by atoms with E-state index in [1.54, 1.807) is 12.1 Å². The number of thiophene rings is 1. The van der Waals surface area contributed by atoms with E-state index < -0.39 is 0 Å². The zero-order chi connectivity index (χ0) is 18.1. The van der Waals surface area contributed by atoms with E-state index in [1.165, 1.54) is 53.1 Å². The molecule has 0 bridgehead atoms. The summed E-state index contributed by atoms with van der Waals surface area (Å²) in [4.78, 5) is 1.49. The summed E-state index contributed by atoms with van der Waals surface area (Å²) < 4.78 is 16.1. The minimum Gasteiger partial charge on any atom is -0.302 e. The summed E-state index contributed by atoms with van der Waals surface area (Å²) in [6.45, 7) is 2.87. The van der Waals surface area contributed by atoms with Gasteiger partial charge in [-0.3, -0.25) is 0 Å². The molecule has 0 N–H and O–H groups in total. The first kappa shape index (κ1) is 18.0. The Balaban J connectivity index is 1.62. The highest BCUT2D eigenvalue weighted by Crippen LogP contribution is 2.37. The second-order valence-corrected chi connectivity index (χ2v) is 8.61. The summed E-state index contributed by atoms with van der Waals surface area (Å²) in [5.41, 5.74) is 3.17. The van der Waals surface area contributed by atoms with Gasteiger partial charge in [-0.25, -0.2) is 4.39 Å². The van der Waals surface area contributed by atoms with Crippen molar-refractivity contribution in [3.63, 3.8) is 0 Å². The molecule has 0 saturated carbocycles. The normalized spacial score (nSPS) is 13.8. The van der Waals surface area contributed by atoms with Gasteiger partial charge in [-0.1, -0.05) is 29.4 Å². The zero-order valence-corrected chi connectivity index (χ0v) is 16.9. The number of thioether (sulfide) groups is 1. The number of aryl methyl sites for hydroxylation is 1. The van der Waals surface area contributed by atoms with Crippen LogP contribution in [0.15, 0.2) is 28.7 Å². The number of fused-ring (bicyclic) bond motifs is 1. The van der Waals surface area contributed by atoms with Gasteiger partial charge in [0.05, 0.1) is 0 Å². The Hall–Kier alpha value is -1.37. The molecule has 136 valence electrons. The first-order chi connectivity index (χ1) is 12.7. The predicted octanol–water partition coefficient (Wildman–Crippen LogP) is 5.99. The average Bonchev–Trinajstić information content (AvgIpc) is 3.24. The lowest BCUT2D eigenvalue weighted by molar-refractivity contribution is 0.617. The molecule has 4 rings (SSSR count). The molecular weight excluding hydrogens is 389 g/mol. The lowest BCUT2D eigenvalue weighted by Crippen LogP contribution is -2.04. The Morgan fingerprint density at radius 1 is 1.27 bits per heavy atom. The summed E-state index contributed by atoms with van der Waals surface area (Å²) in [6, 6.07) is 4.78. The van der Waals surface area contributed by atoms with Gasteiger partial charge < -0.3 is 4.57 Å². The van der Waals surface area contributed by atoms with Crippen LogP contribution in [-0.2, 0) is 25.1 Å². The smallest absolute Gasteiger partial charge is 0.191 e. The first-order valence-electron chi connectivity index (χ1n) is 8.77. The van der Waals surface area contributed by atoms with Crippen molar-refractivity contribution in [2.75, 3.05) is 0 Å². The SMILES string of the molecule is CCn1c(SCc2c(F)cccc2Cl)nnc1-c1csc2c1CCCC2. The molecule has 0 amide bonds. The molecule has 0 fully saturated rings. The first-order valence-corrected chi connectivity index (χ1v) is 11.0. The highest BCUT2D eigenvalue weighted by Gasteiger charge is 2.22. The topological polar surface area (TPSA) is 30.7 Å². The fraction of sp³-hybridized carbons (Fsp3) is 0.368. The molecule has 7 heteroatoms. The molecule has 0 atom stereocenters. The molecule has 0 unspecified atom stereocenters. The van der Waals surface area contributed by atoms with Crippen molar-refractivity contribution in [1.29, 1.82) is 0 Å². The number of nitrogens with zero attached hydrogens (tertiary/aromatic N) is 3. The Morgan fingerprint density at radius 2 is 2.12 bits per heavy atom. The van der Waals surface area contributed by atoms with Gasteiger partial charge in [0, 0.05) is 38.7 Å². The molecule has 0 aliphatic heterocycles. The fourth-order valence-corrected chi connectivity index (χ4v) is 5.84. The van der Waals surface area contributed by atoms with Crippen LogP contribution in [0.4, 0.5) is 4.39 Å². The minimum atomic E-state index is -0.278. The van der Waals surface area contributed by atoms with Crippen LogP contribution in [0.3, 0.4) is 0 Å². The number of halogens is 2. The Kier molecular flexibility index (Phi) is 5.34. The average molecular weight is 408 g/mol. The number of hydrogen-bond donors (Lipinski definition) is 0. The van der Waals surface area contributed by atoms with E-state index in [4.69, 9.17) is 11.6 Å². The molecule has 3 aromatic rings. The maximum atomic E-state index is 14.0. The van der Waals surface area contributed by atoms with Crippen LogP contribution < -0.4 is 0 Å². The third-order valence-corrected chi connectivity index (χ3v) is 7.18. The molecule has 1 aliphatic carbocycles. The third-order valence-electron chi connectivity index (χ3n) is 4.74. The monoisotopic (exact) mass is 407 g/mol. The molecule has 0 saturated heterocycles. The van der Waals surface area contributed by atoms with E-state index in [0.29, 0.717) is 16.3 Å². The van der Waals surface area contributed by atoms with Crippen molar-refractivity contribution >= 4 is 34.7 Å². The largest absolute Gasteiger partial charge is 0.302 e. The Bertz CT molecular complexity index is 915. The number of aromatic nitrogens is 3. The van der Waals surface area contributed by atoms with Crippen LogP contribution in [0.5, 0.6) is 0 Å². The van der Waals surface area contributed by atoms with Gasteiger partial charge in [0.1, 0.15) is 5.82 Å². The lowest BCUT2D eigenvalue weighted by atomic mass is 9.96. The van der Waals surface area contributed by atoms with Gasteiger partial charge in [-0.05, 0) is 50.3 Å². The van der Waals surface area contributed by atoms with E-state index in [1.807, 2.05) is 11.3 Å². The highest BCUT2D eigenvalue weighted by molar-refractivity contribution is 7.98. The van der Waals surface area contributed by atoms with Crippen molar-refractivity contribution in [2.45, 2.75) is 50.1 Å². The highest BCUT2D eigenvalue weighted by atomic mass is 35.5. The molecule has 0 radical (unpaired) electrons. The van der Waals surface area contributed by atoms with Crippen LogP contribution in [0, 0.1) is 5.82 Å². The Labute approximate surface area is 165 Å². The summed E-state index contributed by atoms with van der Waals surface area (Å²) in [5, 5.41) is 12.3. The fourth-order valence-electron chi connectivity index (χ4n) is 3.37. The van der Waals surface area contributed by atoms with Crippen molar-refractivity contribution < 1.29 is 4.39 Å². The molecule has 26 heavy (non-hydrogen) atoms. The molecule has 3 nitrogen and oxygen atoms in total. The Morgan fingerprint density at radius 3 is 2.92 bits per heavy atom. The predicted molar refractivity (Wildman–Crippen MR) is 107 cm³/mol. The van der Waals surface area contributed by atoms with Gasteiger partial charge in [0.15, 0.2) is 11.0 Å². The van der Waals surface area contributed by atoms with Crippen molar-refractivity contribution in [3.8, 4) is 11.4 Å². The number of benzene rings is 1. The summed E-state index contributed by atoms with van der Waals surface area (Å²) in [6.07, 6.45) is 4.81. The minimum absolute atomic E-state index is 0.278. The zero-order valence-electron chi connectivity index (χ0n) is 14.5. The second-order valence-electron chi connectivity index (χ2n) is 6.30. The van der Waals surface area contributed by atoms with Crippen LogP contribution in [0.25, 0.3) is 11.4 Å². The van der Waals surface area contributed by atoms with Gasteiger partial charge in [0.2, 0.25) is 0 Å². The molecular formula is C19H19ClFN3S2. The molecule has 1 aliphatic rings. The molecule has 0 spiro atoms. The van der Waals surface area contributed by atoms with Gasteiger partial charge in [0.25, 0.3) is 0 Å². The molecule has 1 aromatic carbocycles. The van der Waals surface area contributed by atoms with Crippen molar-refractivity contribution in [3.05, 3.63) is 50.4 Å². The van der Waals surface area contributed by atoms with Crippen molar-refractivity contribution in [1.82, 2.24) is 14.8 Å². The summed E-state index contributed by atoms with van der Waals surface area (Å²) in [7, 11) is 0. The van der Waals surface area contributed by atoms with Gasteiger partial charge in [-0.15, -0.1) is 21.5 Å². The lowest BCUT2D eigenvalue weighted by Gasteiger charge is -2.13. The van der Waals surface area contributed by atoms with Gasteiger partial charge in [-0.2, -0.15) is 0 Å². The molecule has 2 heterocycles. The van der Waals surface area contributed by atoms with E-state index in [2.05, 4.69) is 27.1 Å². The van der Waals surface area contributed by atoms with Crippen LogP contribution in [-0.4, -0.2) is 14.8 Å². The second kappa shape index (κ2) is 7.71. The van der Waals surface area contributed by atoms with Crippen LogP contribution in [0.1, 0.15) is 35.8 Å². The summed E-state index contributed by atoms with van der Waals surface area (Å²) in [5.74, 6) is 1.08. The maximum Gasteiger partial charge on any atom is 0.191 e. The standard InChI is InChI=1S/C19H19ClFN3S2/c1-2-24-18(13-10-25-17-9-4-3-6-12(13)17)22-23-19(24)26-11-14-15(20)7-5-8-16(14)21/h5,7-8,10H,2-4,6,9,11H2,1H3. The summed E-state index contributed by atoms with van der Waals surface area (Å²) >= 11 is 9.45. The number of rotatable bonds is 5. The van der Waals surface area contributed by atoms with E-state index in [9.17, 15) is 4.39 Å². The van der Waals surface area contributed by atoms with Crippen LogP contribution >= 0.6 is 34.7 Å². The van der Waals surface area contributed by atoms with E-state index >= 15 is 0 Å². The van der Waals surface area contributed by atoms with Crippen molar-refractivity contribution in [2.24, 2.45) is 0 Å². The molecule has 2 aromatic heterocycles. The maximum absolute atomic E-state index is 14.0. The third kappa shape index (κ3) is 3.30. The number of hydrogen-bond acceptors (Lipinski definition) is 4. The van der Waals surface area contributed by atoms with Crippen LogP contribution in [0.2, 0.25) is 5.02 Å². The van der Waals surface area contributed by atoms with Gasteiger partial charge >= 0.3 is 0 Å².